The Labute approximate surface area is 99.1 Å². The lowest BCUT2D eigenvalue weighted by Crippen LogP contribution is -2.35. The van der Waals surface area contributed by atoms with Crippen molar-refractivity contribution < 1.29 is 4.79 Å². The van der Waals surface area contributed by atoms with E-state index < -0.39 is 5.69 Å². The molecule has 90 valence electrons. The first-order valence-corrected chi connectivity index (χ1v) is 5.19. The standard InChI is InChI=1S/C11H14N4O2/c1-9-4-7-15(11(17)13-9)8-10(16)14(2)6-3-5-12/h4,7H,3,6,8H2,1-2H3. The maximum Gasteiger partial charge on any atom is 0.348 e. The van der Waals surface area contributed by atoms with E-state index in [2.05, 4.69) is 4.98 Å². The first-order valence-electron chi connectivity index (χ1n) is 5.19. The molecule has 0 fully saturated rings. The summed E-state index contributed by atoms with van der Waals surface area (Å²) in [5.41, 5.74) is 0.184. The van der Waals surface area contributed by atoms with Crippen LogP contribution in [-0.2, 0) is 11.3 Å². The van der Waals surface area contributed by atoms with Gasteiger partial charge in [0, 0.05) is 25.5 Å². The van der Waals surface area contributed by atoms with Gasteiger partial charge in [-0.1, -0.05) is 0 Å². The van der Waals surface area contributed by atoms with Crippen LogP contribution in [0.3, 0.4) is 0 Å². The Morgan fingerprint density at radius 1 is 1.65 bits per heavy atom. The zero-order valence-electron chi connectivity index (χ0n) is 9.88. The van der Waals surface area contributed by atoms with Crippen LogP contribution < -0.4 is 5.69 Å². The van der Waals surface area contributed by atoms with Gasteiger partial charge in [-0.25, -0.2) is 4.79 Å². The topological polar surface area (TPSA) is 79.0 Å². The minimum Gasteiger partial charge on any atom is -0.343 e. The van der Waals surface area contributed by atoms with Crippen LogP contribution in [0, 0.1) is 18.3 Å². The molecule has 0 saturated heterocycles. The number of rotatable bonds is 4. The summed E-state index contributed by atoms with van der Waals surface area (Å²) < 4.78 is 1.25. The molecule has 0 aliphatic rings. The molecule has 17 heavy (non-hydrogen) atoms. The smallest absolute Gasteiger partial charge is 0.343 e. The molecule has 0 unspecified atom stereocenters. The van der Waals surface area contributed by atoms with Gasteiger partial charge in [0.2, 0.25) is 5.91 Å². The number of nitriles is 1. The number of hydrogen-bond donors (Lipinski definition) is 0. The molecule has 1 amide bonds. The molecule has 1 aromatic rings. The minimum atomic E-state index is -0.438. The highest BCUT2D eigenvalue weighted by molar-refractivity contribution is 5.75. The lowest BCUT2D eigenvalue weighted by atomic mass is 10.4. The van der Waals surface area contributed by atoms with Crippen molar-refractivity contribution in [2.24, 2.45) is 0 Å². The molecular weight excluding hydrogens is 220 g/mol. The molecule has 0 atom stereocenters. The second-order valence-corrected chi connectivity index (χ2v) is 3.70. The van der Waals surface area contributed by atoms with Crippen LogP contribution in [0.4, 0.5) is 0 Å². The molecule has 6 nitrogen and oxygen atoms in total. The van der Waals surface area contributed by atoms with Crippen molar-refractivity contribution in [3.05, 3.63) is 28.4 Å². The molecule has 0 aliphatic heterocycles. The van der Waals surface area contributed by atoms with E-state index in [1.807, 2.05) is 6.07 Å². The second-order valence-electron chi connectivity index (χ2n) is 3.70. The third-order valence-electron chi connectivity index (χ3n) is 2.30. The second kappa shape index (κ2) is 5.80. The van der Waals surface area contributed by atoms with Gasteiger partial charge in [-0.2, -0.15) is 10.2 Å². The quantitative estimate of drug-likeness (QED) is 0.730. The molecule has 1 rings (SSSR count). The lowest BCUT2D eigenvalue weighted by Gasteiger charge is -2.15. The van der Waals surface area contributed by atoms with Gasteiger partial charge >= 0.3 is 5.69 Å². The minimum absolute atomic E-state index is 0.0476. The molecule has 1 aromatic heterocycles. The zero-order chi connectivity index (χ0) is 12.8. The number of carbonyl (C=O) groups is 1. The van der Waals surface area contributed by atoms with Gasteiger partial charge in [-0.15, -0.1) is 0 Å². The highest BCUT2D eigenvalue weighted by Crippen LogP contribution is 1.92. The van der Waals surface area contributed by atoms with Crippen LogP contribution in [0.5, 0.6) is 0 Å². The van der Waals surface area contributed by atoms with Gasteiger partial charge < -0.3 is 4.90 Å². The Balaban J connectivity index is 2.68. The Morgan fingerprint density at radius 3 is 2.94 bits per heavy atom. The van der Waals surface area contributed by atoms with E-state index in [0.29, 0.717) is 12.2 Å². The molecule has 0 aromatic carbocycles. The van der Waals surface area contributed by atoms with E-state index in [4.69, 9.17) is 5.26 Å². The maximum absolute atomic E-state index is 11.7. The third kappa shape index (κ3) is 3.72. The third-order valence-corrected chi connectivity index (χ3v) is 2.30. The Morgan fingerprint density at radius 2 is 2.35 bits per heavy atom. The predicted octanol–water partition coefficient (Wildman–Crippen LogP) is -0.0762. The van der Waals surface area contributed by atoms with E-state index in [-0.39, 0.29) is 18.9 Å². The van der Waals surface area contributed by atoms with Crippen LogP contribution in [0.2, 0.25) is 0 Å². The van der Waals surface area contributed by atoms with Gasteiger partial charge in [0.25, 0.3) is 0 Å². The highest BCUT2D eigenvalue weighted by Gasteiger charge is 2.10. The van der Waals surface area contributed by atoms with Crippen molar-refractivity contribution in [1.82, 2.24) is 14.5 Å². The number of nitrogens with zero attached hydrogens (tertiary/aromatic N) is 4. The summed E-state index contributed by atoms with van der Waals surface area (Å²) in [6.45, 7) is 2.03. The van der Waals surface area contributed by atoms with Gasteiger partial charge in [-0.05, 0) is 13.0 Å². The Hall–Kier alpha value is -2.16. The molecular formula is C11H14N4O2. The molecule has 0 aliphatic carbocycles. The fraction of sp³-hybridized carbons (Fsp3) is 0.455. The van der Waals surface area contributed by atoms with E-state index in [1.54, 1.807) is 26.2 Å². The summed E-state index contributed by atoms with van der Waals surface area (Å²) in [6.07, 6.45) is 1.82. The van der Waals surface area contributed by atoms with Crippen molar-refractivity contribution >= 4 is 5.91 Å². The number of aryl methyl sites for hydroxylation is 1. The molecule has 0 bridgehead atoms. The molecule has 0 spiro atoms. The van der Waals surface area contributed by atoms with Gasteiger partial charge in [0.1, 0.15) is 6.54 Å². The fourth-order valence-electron chi connectivity index (χ4n) is 1.24. The van der Waals surface area contributed by atoms with Crippen LogP contribution in [0.15, 0.2) is 17.1 Å². The Bertz CT molecular complexity index is 501. The maximum atomic E-state index is 11.7. The van der Waals surface area contributed by atoms with Crippen molar-refractivity contribution in [2.45, 2.75) is 19.9 Å². The van der Waals surface area contributed by atoms with E-state index >= 15 is 0 Å². The number of likely N-dealkylation sites (N-methyl/N-ethyl adjacent to an activating group) is 1. The first-order chi connectivity index (χ1) is 8.04. The lowest BCUT2D eigenvalue weighted by molar-refractivity contribution is -0.130. The summed E-state index contributed by atoms with van der Waals surface area (Å²) >= 11 is 0. The summed E-state index contributed by atoms with van der Waals surface area (Å²) in [5.74, 6) is -0.215. The average Bonchev–Trinajstić information content (AvgIpc) is 2.29. The highest BCUT2D eigenvalue weighted by atomic mass is 16.2. The van der Waals surface area contributed by atoms with Crippen LogP contribution in [-0.4, -0.2) is 34.0 Å². The van der Waals surface area contributed by atoms with Crippen molar-refractivity contribution in [3.8, 4) is 6.07 Å². The number of hydrogen-bond acceptors (Lipinski definition) is 4. The summed E-state index contributed by atoms with van der Waals surface area (Å²) in [4.78, 5) is 28.3. The first kappa shape index (κ1) is 12.9. The van der Waals surface area contributed by atoms with Crippen molar-refractivity contribution in [1.29, 1.82) is 5.26 Å². The normalized spacial score (nSPS) is 9.71. The molecule has 0 radical (unpaired) electrons. The molecule has 0 saturated carbocycles. The molecule has 1 heterocycles. The van der Waals surface area contributed by atoms with Gasteiger partial charge in [-0.3, -0.25) is 9.36 Å². The van der Waals surface area contributed by atoms with Crippen molar-refractivity contribution in [2.75, 3.05) is 13.6 Å². The van der Waals surface area contributed by atoms with E-state index in [1.165, 1.54) is 9.47 Å². The van der Waals surface area contributed by atoms with Gasteiger partial charge in [0.15, 0.2) is 0 Å². The van der Waals surface area contributed by atoms with Crippen LogP contribution >= 0.6 is 0 Å². The summed E-state index contributed by atoms with van der Waals surface area (Å²) in [7, 11) is 1.60. The number of carbonyl (C=O) groups excluding carboxylic acids is 1. The fourth-order valence-corrected chi connectivity index (χ4v) is 1.24. The van der Waals surface area contributed by atoms with Crippen LogP contribution in [0.1, 0.15) is 12.1 Å². The predicted molar refractivity (Wildman–Crippen MR) is 61.1 cm³/mol. The number of amides is 1. The zero-order valence-corrected chi connectivity index (χ0v) is 9.88. The summed E-state index contributed by atoms with van der Waals surface area (Å²) in [6, 6.07) is 3.63. The number of aromatic nitrogens is 2. The SMILES string of the molecule is Cc1ccn(CC(=O)N(C)CCC#N)c(=O)n1. The van der Waals surface area contributed by atoms with Crippen molar-refractivity contribution in [3.63, 3.8) is 0 Å². The molecule has 6 heteroatoms. The average molecular weight is 234 g/mol. The van der Waals surface area contributed by atoms with Crippen LogP contribution in [0.25, 0.3) is 0 Å². The van der Waals surface area contributed by atoms with Gasteiger partial charge in [0.05, 0.1) is 12.5 Å². The monoisotopic (exact) mass is 234 g/mol. The molecule has 0 N–H and O–H groups in total. The summed E-state index contributed by atoms with van der Waals surface area (Å²) in [5, 5.41) is 8.41. The largest absolute Gasteiger partial charge is 0.348 e. The van der Waals surface area contributed by atoms with E-state index in [0.717, 1.165) is 0 Å². The van der Waals surface area contributed by atoms with E-state index in [9.17, 15) is 9.59 Å². The Kier molecular flexibility index (Phi) is 4.40.